The van der Waals surface area contributed by atoms with E-state index in [1.165, 1.54) is 24.4 Å². The standard InChI is InChI=1S/C20H11F4N3O4/c21-18-12(10-25)3-8-16(17(18)19(28)26-13-2-1-9-27(29)11-13)30-14-4-6-15(7-5-14)31-20(22,23)24/h1-9,11H,(H-,26,28,29)/p+1. The molecule has 0 bridgehead atoms. The average Bonchev–Trinajstić information content (AvgIpc) is 2.68. The van der Waals surface area contributed by atoms with Gasteiger partial charge in [-0.2, -0.15) is 5.26 Å². The molecule has 0 radical (unpaired) electrons. The van der Waals surface area contributed by atoms with Crippen molar-refractivity contribution in [1.29, 1.82) is 5.26 Å². The van der Waals surface area contributed by atoms with Crippen molar-refractivity contribution < 1.29 is 41.8 Å². The summed E-state index contributed by atoms with van der Waals surface area (Å²) in [4.78, 5) is 12.7. The Labute approximate surface area is 172 Å². The second kappa shape index (κ2) is 8.58. The monoisotopic (exact) mass is 434 g/mol. The molecule has 0 fully saturated rings. The van der Waals surface area contributed by atoms with Crippen LogP contribution in [-0.2, 0) is 0 Å². The first kappa shape index (κ1) is 21.4. The van der Waals surface area contributed by atoms with Crippen LogP contribution in [0.4, 0.5) is 23.2 Å². The van der Waals surface area contributed by atoms with E-state index < -0.39 is 35.0 Å². The van der Waals surface area contributed by atoms with Crippen LogP contribution in [0.3, 0.4) is 0 Å². The van der Waals surface area contributed by atoms with Crippen molar-refractivity contribution in [2.75, 3.05) is 5.32 Å². The quantitative estimate of drug-likeness (QED) is 0.357. The van der Waals surface area contributed by atoms with Crippen LogP contribution in [0.5, 0.6) is 17.2 Å². The third-order valence-corrected chi connectivity index (χ3v) is 3.78. The molecule has 0 aliphatic heterocycles. The Balaban J connectivity index is 1.91. The minimum absolute atomic E-state index is 0.0133. The predicted octanol–water partition coefficient (Wildman–Crippen LogP) is 4.17. The highest BCUT2D eigenvalue weighted by atomic mass is 19.4. The number of aromatic nitrogens is 1. The number of hydrogen-bond donors (Lipinski definition) is 2. The van der Waals surface area contributed by atoms with Crippen molar-refractivity contribution >= 4 is 11.6 Å². The highest BCUT2D eigenvalue weighted by Gasteiger charge is 2.31. The van der Waals surface area contributed by atoms with Crippen LogP contribution < -0.4 is 19.5 Å². The number of carbonyl (C=O) groups excluding carboxylic acids is 1. The summed E-state index contributed by atoms with van der Waals surface area (Å²) >= 11 is 0. The Morgan fingerprint density at radius 1 is 1.10 bits per heavy atom. The van der Waals surface area contributed by atoms with Gasteiger partial charge in [-0.15, -0.1) is 13.2 Å². The van der Waals surface area contributed by atoms with Crippen molar-refractivity contribution in [1.82, 2.24) is 0 Å². The molecule has 0 unspecified atom stereocenters. The van der Waals surface area contributed by atoms with Gasteiger partial charge in [-0.1, -0.05) is 0 Å². The fraction of sp³-hybridized carbons (Fsp3) is 0.0500. The maximum absolute atomic E-state index is 14.8. The maximum Gasteiger partial charge on any atom is 0.573 e. The Kier molecular flexibility index (Phi) is 5.92. The predicted molar refractivity (Wildman–Crippen MR) is 96.1 cm³/mol. The number of carbonyl (C=O) groups is 1. The number of nitrogens with one attached hydrogen (secondary N) is 1. The molecule has 0 atom stereocenters. The van der Waals surface area contributed by atoms with Gasteiger partial charge in [-0.25, -0.2) is 4.39 Å². The first-order valence-corrected chi connectivity index (χ1v) is 8.44. The lowest BCUT2D eigenvalue weighted by Crippen LogP contribution is -2.29. The van der Waals surface area contributed by atoms with Gasteiger partial charge in [0.15, 0.2) is 5.82 Å². The van der Waals surface area contributed by atoms with Crippen LogP contribution >= 0.6 is 0 Å². The molecule has 11 heteroatoms. The molecule has 1 heterocycles. The molecule has 0 saturated heterocycles. The van der Waals surface area contributed by atoms with Gasteiger partial charge in [-0.3, -0.25) is 10.0 Å². The van der Waals surface area contributed by atoms with E-state index in [2.05, 4.69) is 10.1 Å². The van der Waals surface area contributed by atoms with Gasteiger partial charge in [-0.05, 0) is 42.5 Å². The zero-order valence-corrected chi connectivity index (χ0v) is 15.4. The molecular weight excluding hydrogens is 422 g/mol. The van der Waals surface area contributed by atoms with Gasteiger partial charge in [0.2, 0.25) is 12.4 Å². The van der Waals surface area contributed by atoms with Gasteiger partial charge in [0.05, 0.1) is 5.56 Å². The summed E-state index contributed by atoms with van der Waals surface area (Å²) in [5.74, 6) is -2.92. The van der Waals surface area contributed by atoms with Gasteiger partial charge in [0, 0.05) is 10.8 Å². The fourth-order valence-electron chi connectivity index (χ4n) is 2.51. The number of pyridine rings is 1. The molecule has 3 aromatic rings. The summed E-state index contributed by atoms with van der Waals surface area (Å²) in [7, 11) is 0. The minimum Gasteiger partial charge on any atom is -0.456 e. The Morgan fingerprint density at radius 3 is 2.39 bits per heavy atom. The molecule has 1 amide bonds. The van der Waals surface area contributed by atoms with Crippen molar-refractivity contribution in [3.8, 4) is 23.3 Å². The van der Waals surface area contributed by atoms with Gasteiger partial charge >= 0.3 is 6.36 Å². The van der Waals surface area contributed by atoms with E-state index >= 15 is 0 Å². The zero-order valence-electron chi connectivity index (χ0n) is 15.4. The highest BCUT2D eigenvalue weighted by Crippen LogP contribution is 2.31. The van der Waals surface area contributed by atoms with E-state index in [0.717, 1.165) is 36.5 Å². The molecule has 2 N–H and O–H groups in total. The van der Waals surface area contributed by atoms with E-state index in [-0.39, 0.29) is 17.2 Å². The molecular formula is C20H12F4N3O4+. The van der Waals surface area contributed by atoms with Crippen LogP contribution in [0.25, 0.3) is 0 Å². The number of hydrogen-bond acceptors (Lipinski definition) is 5. The molecule has 0 saturated carbocycles. The summed E-state index contributed by atoms with van der Waals surface area (Å²) in [6.45, 7) is 0. The SMILES string of the molecule is N#Cc1ccc(Oc2ccc(OC(F)(F)F)cc2)c(C(=O)Nc2ccc[n+](O)c2)c1F. The van der Waals surface area contributed by atoms with Crippen molar-refractivity contribution in [2.45, 2.75) is 6.36 Å². The number of benzene rings is 2. The summed E-state index contributed by atoms with van der Waals surface area (Å²) in [6.07, 6.45) is -2.44. The second-order valence-electron chi connectivity index (χ2n) is 5.96. The van der Waals surface area contributed by atoms with E-state index in [1.807, 2.05) is 0 Å². The van der Waals surface area contributed by atoms with E-state index in [0.29, 0.717) is 4.73 Å². The summed E-state index contributed by atoms with van der Waals surface area (Å²) in [6, 6.07) is 10.9. The number of nitriles is 1. The number of alkyl halides is 3. The first-order valence-electron chi connectivity index (χ1n) is 8.44. The molecule has 0 spiro atoms. The maximum atomic E-state index is 14.8. The third kappa shape index (κ3) is 5.39. The van der Waals surface area contributed by atoms with Gasteiger partial charge < -0.3 is 14.8 Å². The molecule has 3 rings (SSSR count). The van der Waals surface area contributed by atoms with Crippen LogP contribution in [-0.4, -0.2) is 17.5 Å². The van der Waals surface area contributed by atoms with E-state index in [1.54, 1.807) is 6.07 Å². The lowest BCUT2D eigenvalue weighted by Gasteiger charge is -2.13. The topological polar surface area (TPSA) is 95.5 Å². The summed E-state index contributed by atoms with van der Waals surface area (Å²) in [5, 5.41) is 20.8. The summed E-state index contributed by atoms with van der Waals surface area (Å²) < 4.78 is 61.4. The molecule has 7 nitrogen and oxygen atoms in total. The van der Waals surface area contributed by atoms with E-state index in [4.69, 9.17) is 10.00 Å². The average molecular weight is 434 g/mol. The Hall–Kier alpha value is -4.33. The number of ether oxygens (including phenoxy) is 2. The first-order chi connectivity index (χ1) is 14.7. The Bertz CT molecular complexity index is 1160. The molecule has 31 heavy (non-hydrogen) atoms. The molecule has 1 aromatic heterocycles. The van der Waals surface area contributed by atoms with Gasteiger partial charge in [0.25, 0.3) is 5.91 Å². The Morgan fingerprint density at radius 2 is 1.77 bits per heavy atom. The number of rotatable bonds is 5. The zero-order chi connectivity index (χ0) is 22.6. The van der Waals surface area contributed by atoms with Crippen molar-refractivity contribution in [3.63, 3.8) is 0 Å². The molecule has 0 aliphatic rings. The number of nitrogens with zero attached hydrogens (tertiary/aromatic N) is 2. The lowest BCUT2D eigenvalue weighted by atomic mass is 10.1. The van der Waals surface area contributed by atoms with Crippen molar-refractivity contribution in [2.24, 2.45) is 0 Å². The molecule has 158 valence electrons. The lowest BCUT2D eigenvalue weighted by molar-refractivity contribution is -0.904. The molecule has 0 aliphatic carbocycles. The number of amides is 1. The van der Waals surface area contributed by atoms with Crippen LogP contribution in [0.1, 0.15) is 15.9 Å². The van der Waals surface area contributed by atoms with Crippen LogP contribution in [0, 0.1) is 17.1 Å². The normalized spacial score (nSPS) is 10.8. The molecule has 2 aromatic carbocycles. The van der Waals surface area contributed by atoms with Gasteiger partial charge in [0.1, 0.15) is 34.6 Å². The van der Waals surface area contributed by atoms with E-state index in [9.17, 15) is 27.6 Å². The number of anilines is 1. The van der Waals surface area contributed by atoms with Crippen LogP contribution in [0.2, 0.25) is 0 Å². The summed E-state index contributed by atoms with van der Waals surface area (Å²) in [5.41, 5.74) is -0.906. The minimum atomic E-state index is -4.87. The third-order valence-electron chi connectivity index (χ3n) is 3.78. The van der Waals surface area contributed by atoms with Crippen LogP contribution in [0.15, 0.2) is 60.9 Å². The largest absolute Gasteiger partial charge is 0.573 e. The highest BCUT2D eigenvalue weighted by molar-refractivity contribution is 6.06. The number of halogens is 4. The second-order valence-corrected chi connectivity index (χ2v) is 5.96. The fourth-order valence-corrected chi connectivity index (χ4v) is 2.51. The smallest absolute Gasteiger partial charge is 0.456 e. The van der Waals surface area contributed by atoms with Crippen molar-refractivity contribution in [3.05, 3.63) is 77.9 Å².